The average Bonchev–Trinajstić information content (AvgIpc) is 2.34. The van der Waals surface area contributed by atoms with Crippen LogP contribution in [0.1, 0.15) is 27.0 Å². The first-order chi connectivity index (χ1) is 8.18. The molecule has 2 nitrogen and oxygen atoms in total. The van der Waals surface area contributed by atoms with Crippen molar-refractivity contribution in [1.29, 1.82) is 0 Å². The first kappa shape index (κ1) is 10.5. The number of carbonyl (C=O) groups is 1. The lowest BCUT2D eigenvalue weighted by Crippen LogP contribution is -2.17. The van der Waals surface area contributed by atoms with Crippen LogP contribution in [0.15, 0.2) is 40.9 Å². The smallest absolute Gasteiger partial charge is 0.195 e. The largest absolute Gasteiger partial charge is 0.398 e. The summed E-state index contributed by atoms with van der Waals surface area (Å²) < 4.78 is 0.949. The van der Waals surface area contributed by atoms with Crippen molar-refractivity contribution in [3.63, 3.8) is 0 Å². The van der Waals surface area contributed by atoms with E-state index < -0.39 is 0 Å². The maximum Gasteiger partial charge on any atom is 0.195 e. The van der Waals surface area contributed by atoms with Gasteiger partial charge in [-0.05, 0) is 23.3 Å². The van der Waals surface area contributed by atoms with Crippen LogP contribution in [0.5, 0.6) is 0 Å². The van der Waals surface area contributed by atoms with Gasteiger partial charge in [0, 0.05) is 22.1 Å². The summed E-state index contributed by atoms with van der Waals surface area (Å²) >= 11 is 3.49. The van der Waals surface area contributed by atoms with E-state index in [0.717, 1.165) is 27.6 Å². The maximum absolute atomic E-state index is 12.4. The molecule has 17 heavy (non-hydrogen) atoms. The third-order valence-electron chi connectivity index (χ3n) is 3.14. The molecule has 0 fully saturated rings. The lowest BCUT2D eigenvalue weighted by molar-refractivity contribution is 0.103. The predicted molar refractivity (Wildman–Crippen MR) is 71.2 cm³/mol. The summed E-state index contributed by atoms with van der Waals surface area (Å²) in [5.74, 6) is 0.0284. The van der Waals surface area contributed by atoms with Gasteiger partial charge in [0.15, 0.2) is 5.78 Å². The molecule has 0 bridgehead atoms. The number of anilines is 1. The lowest BCUT2D eigenvalue weighted by atomic mass is 9.84. The van der Waals surface area contributed by atoms with Crippen LogP contribution in [0, 0.1) is 0 Å². The van der Waals surface area contributed by atoms with E-state index in [1.54, 1.807) is 6.07 Å². The SMILES string of the molecule is Nc1ccc(Br)c2c1C(=O)c1ccccc1C2. The van der Waals surface area contributed by atoms with E-state index in [1.807, 2.05) is 30.3 Å². The summed E-state index contributed by atoms with van der Waals surface area (Å²) in [5, 5.41) is 0. The molecule has 0 amide bonds. The van der Waals surface area contributed by atoms with Gasteiger partial charge in [-0.1, -0.05) is 40.2 Å². The molecule has 1 aliphatic rings. The number of benzene rings is 2. The summed E-state index contributed by atoms with van der Waals surface area (Å²) in [6, 6.07) is 11.4. The number of ketones is 1. The minimum atomic E-state index is 0.0284. The number of halogens is 1. The third-order valence-corrected chi connectivity index (χ3v) is 3.89. The monoisotopic (exact) mass is 287 g/mol. The van der Waals surface area contributed by atoms with Gasteiger partial charge in [-0.3, -0.25) is 4.79 Å². The Balaban J connectivity index is 2.30. The molecular weight excluding hydrogens is 278 g/mol. The minimum absolute atomic E-state index is 0.0284. The molecule has 0 aromatic heterocycles. The number of hydrogen-bond acceptors (Lipinski definition) is 2. The summed E-state index contributed by atoms with van der Waals surface area (Å²) in [6.45, 7) is 0. The standard InChI is InChI=1S/C14H10BrNO/c15-11-5-6-12(16)13-10(11)7-8-3-1-2-4-9(8)14(13)17/h1-6H,7,16H2. The third kappa shape index (κ3) is 1.50. The van der Waals surface area contributed by atoms with Crippen LogP contribution in [0.4, 0.5) is 5.69 Å². The Hall–Kier alpha value is -1.61. The summed E-state index contributed by atoms with van der Waals surface area (Å²) in [6.07, 6.45) is 0.753. The van der Waals surface area contributed by atoms with Crippen LogP contribution >= 0.6 is 15.9 Å². The van der Waals surface area contributed by atoms with Crippen molar-refractivity contribution in [1.82, 2.24) is 0 Å². The highest BCUT2D eigenvalue weighted by Gasteiger charge is 2.26. The van der Waals surface area contributed by atoms with E-state index in [2.05, 4.69) is 15.9 Å². The van der Waals surface area contributed by atoms with Gasteiger partial charge in [0.2, 0.25) is 0 Å². The van der Waals surface area contributed by atoms with Crippen molar-refractivity contribution in [2.45, 2.75) is 6.42 Å². The van der Waals surface area contributed by atoms with Crippen molar-refractivity contribution in [3.05, 3.63) is 63.1 Å². The Labute approximate surface area is 108 Å². The summed E-state index contributed by atoms with van der Waals surface area (Å²) in [5.41, 5.74) is 9.95. The van der Waals surface area contributed by atoms with Crippen molar-refractivity contribution in [2.24, 2.45) is 0 Å². The summed E-state index contributed by atoms with van der Waals surface area (Å²) in [7, 11) is 0. The van der Waals surface area contributed by atoms with Crippen LogP contribution < -0.4 is 5.73 Å². The number of nitrogens with two attached hydrogens (primary N) is 1. The van der Waals surface area contributed by atoms with Crippen LogP contribution in [-0.4, -0.2) is 5.78 Å². The highest BCUT2D eigenvalue weighted by atomic mass is 79.9. The molecule has 0 heterocycles. The molecule has 1 aliphatic carbocycles. The average molecular weight is 288 g/mol. The topological polar surface area (TPSA) is 43.1 Å². The molecular formula is C14H10BrNO. The molecule has 84 valence electrons. The minimum Gasteiger partial charge on any atom is -0.398 e. The number of fused-ring (bicyclic) bond motifs is 2. The van der Waals surface area contributed by atoms with E-state index >= 15 is 0 Å². The van der Waals surface area contributed by atoms with Crippen molar-refractivity contribution in [3.8, 4) is 0 Å². The van der Waals surface area contributed by atoms with Gasteiger partial charge >= 0.3 is 0 Å². The van der Waals surface area contributed by atoms with Crippen LogP contribution in [0.2, 0.25) is 0 Å². The van der Waals surface area contributed by atoms with Gasteiger partial charge in [0.05, 0.1) is 5.56 Å². The highest BCUT2D eigenvalue weighted by molar-refractivity contribution is 9.10. The second-order valence-electron chi connectivity index (χ2n) is 4.15. The molecule has 0 unspecified atom stereocenters. The Kier molecular flexibility index (Phi) is 2.30. The molecule has 2 aromatic carbocycles. The molecule has 3 heteroatoms. The van der Waals surface area contributed by atoms with E-state index in [1.165, 1.54) is 0 Å². The fourth-order valence-corrected chi connectivity index (χ4v) is 2.77. The zero-order chi connectivity index (χ0) is 12.0. The number of carbonyl (C=O) groups excluding carboxylic acids is 1. The Bertz CT molecular complexity index is 634. The zero-order valence-corrected chi connectivity index (χ0v) is 10.6. The maximum atomic E-state index is 12.4. The van der Waals surface area contributed by atoms with Crippen LogP contribution in [0.3, 0.4) is 0 Å². The molecule has 2 N–H and O–H groups in total. The molecule has 0 radical (unpaired) electrons. The lowest BCUT2D eigenvalue weighted by Gasteiger charge is -2.20. The molecule has 0 aliphatic heterocycles. The number of rotatable bonds is 0. The zero-order valence-electron chi connectivity index (χ0n) is 9.03. The molecule has 3 rings (SSSR count). The van der Waals surface area contributed by atoms with Gasteiger partial charge < -0.3 is 5.73 Å². The van der Waals surface area contributed by atoms with E-state index in [4.69, 9.17) is 5.73 Å². The molecule has 0 saturated heterocycles. The second kappa shape index (κ2) is 3.70. The van der Waals surface area contributed by atoms with E-state index in [9.17, 15) is 4.79 Å². The second-order valence-corrected chi connectivity index (χ2v) is 5.01. The molecule has 0 spiro atoms. The van der Waals surface area contributed by atoms with Crippen molar-refractivity contribution in [2.75, 3.05) is 5.73 Å². The fraction of sp³-hybridized carbons (Fsp3) is 0.0714. The predicted octanol–water partition coefficient (Wildman–Crippen LogP) is 3.17. The van der Waals surface area contributed by atoms with Gasteiger partial charge in [-0.2, -0.15) is 0 Å². The summed E-state index contributed by atoms with van der Waals surface area (Å²) in [4.78, 5) is 12.4. The fourth-order valence-electron chi connectivity index (χ4n) is 2.30. The normalized spacial score (nSPS) is 13.1. The molecule has 0 saturated carbocycles. The quantitative estimate of drug-likeness (QED) is 0.646. The van der Waals surface area contributed by atoms with Crippen LogP contribution in [-0.2, 0) is 6.42 Å². The molecule has 0 atom stereocenters. The van der Waals surface area contributed by atoms with E-state index in [-0.39, 0.29) is 5.78 Å². The number of hydrogen-bond donors (Lipinski definition) is 1. The Morgan fingerprint density at radius 3 is 2.71 bits per heavy atom. The van der Waals surface area contributed by atoms with Gasteiger partial charge in [0.1, 0.15) is 0 Å². The Morgan fingerprint density at radius 1 is 1.12 bits per heavy atom. The first-order valence-corrected chi connectivity index (χ1v) is 6.17. The first-order valence-electron chi connectivity index (χ1n) is 5.38. The van der Waals surface area contributed by atoms with Gasteiger partial charge in [-0.15, -0.1) is 0 Å². The van der Waals surface area contributed by atoms with E-state index in [0.29, 0.717) is 11.3 Å². The molecule has 2 aromatic rings. The van der Waals surface area contributed by atoms with Crippen molar-refractivity contribution >= 4 is 27.4 Å². The van der Waals surface area contributed by atoms with Crippen LogP contribution in [0.25, 0.3) is 0 Å². The van der Waals surface area contributed by atoms with Crippen molar-refractivity contribution < 1.29 is 4.79 Å². The number of nitrogen functional groups attached to an aromatic ring is 1. The Morgan fingerprint density at radius 2 is 1.88 bits per heavy atom. The van der Waals surface area contributed by atoms with Gasteiger partial charge in [0.25, 0.3) is 0 Å². The highest BCUT2D eigenvalue weighted by Crippen LogP contribution is 2.34. The van der Waals surface area contributed by atoms with Gasteiger partial charge in [-0.25, -0.2) is 0 Å².